The lowest BCUT2D eigenvalue weighted by Crippen LogP contribution is -2.30. The van der Waals surface area contributed by atoms with Gasteiger partial charge in [-0.3, -0.25) is 4.79 Å². The van der Waals surface area contributed by atoms with Crippen molar-refractivity contribution < 1.29 is 42.8 Å². The van der Waals surface area contributed by atoms with E-state index in [9.17, 15) is 14.4 Å². The van der Waals surface area contributed by atoms with Crippen LogP contribution in [0.5, 0.6) is 0 Å². The lowest BCUT2D eigenvalue weighted by molar-refractivity contribution is -0.151. The lowest BCUT2D eigenvalue weighted by Gasteiger charge is -2.38. The lowest BCUT2D eigenvalue weighted by atomic mass is 9.65. The minimum Gasteiger partial charge on any atom is -0.428 e. The third-order valence-corrected chi connectivity index (χ3v) is 15.3. The van der Waals surface area contributed by atoms with Gasteiger partial charge in [-0.05, 0) is 119 Å². The smallest absolute Gasteiger partial charge is 0.428 e. The molecular weight excluding hydrogens is 1020 g/mol. The second-order valence-corrected chi connectivity index (χ2v) is 23.0. The van der Waals surface area contributed by atoms with Crippen molar-refractivity contribution in [3.05, 3.63) is 237 Å². The van der Waals surface area contributed by atoms with Crippen LogP contribution in [0.4, 0.5) is 9.59 Å². The second-order valence-electron chi connectivity index (χ2n) is 23.0. The first-order valence-electron chi connectivity index (χ1n) is 28.9. The van der Waals surface area contributed by atoms with Crippen LogP contribution in [0.1, 0.15) is 159 Å². The van der Waals surface area contributed by atoms with Crippen LogP contribution in [-0.4, -0.2) is 45.8 Å². The number of esters is 1. The van der Waals surface area contributed by atoms with Crippen LogP contribution < -0.4 is 0 Å². The molecule has 0 unspecified atom stereocenters. The van der Waals surface area contributed by atoms with Crippen molar-refractivity contribution in [1.29, 1.82) is 0 Å². The van der Waals surface area contributed by atoms with E-state index in [1.165, 1.54) is 149 Å². The number of hydrogen-bond acceptors (Lipinski definition) is 9. The summed E-state index contributed by atoms with van der Waals surface area (Å²) in [7, 11) is 1.32. The zero-order valence-corrected chi connectivity index (χ0v) is 51.0. The molecule has 0 radical (unpaired) electrons. The fourth-order valence-corrected chi connectivity index (χ4v) is 10.3. The molecule has 2 aliphatic rings. The van der Waals surface area contributed by atoms with Gasteiger partial charge < -0.3 is 28.4 Å². The van der Waals surface area contributed by atoms with Gasteiger partial charge in [0, 0.05) is 24.9 Å². The van der Waals surface area contributed by atoms with Gasteiger partial charge in [0.05, 0.1) is 0 Å². The third kappa shape index (κ3) is 21.1. The number of benzene rings is 7. The summed E-state index contributed by atoms with van der Waals surface area (Å²) in [5.74, 6) is -0.614. The maximum Gasteiger partial charge on any atom is 0.514 e. The summed E-state index contributed by atoms with van der Waals surface area (Å²) in [6.45, 7) is 21.3. The predicted molar refractivity (Wildman–Crippen MR) is 332 cm³/mol. The molecule has 0 spiro atoms. The fraction of sp³-hybridized carbons (Fsp3) is 0.384. The summed E-state index contributed by atoms with van der Waals surface area (Å²) in [4.78, 5) is 31.7. The SMILES string of the molecule is COCOC(=O)OCOC(=O)OCOC(C)=O.Cc1ccc(-c2ccc(C)cc2)cc1.Cc1ccc(C(C)(C)C)cc1.Cc1ccc(C2(c3ccc(C)cc3)CCCCC2)cc1.Cc1ccc(C2(c3ccc(C)cc3)CCCCC2)cc1. The molecule has 436 valence electrons. The topological polar surface area (TPSA) is 107 Å². The number of ether oxygens (including phenoxy) is 6. The first-order valence-corrected chi connectivity index (χ1v) is 28.9. The number of rotatable bonds is 11. The van der Waals surface area contributed by atoms with Crippen molar-refractivity contribution in [2.75, 3.05) is 27.5 Å². The standard InChI is InChI=1S/2C20H24.C14H14.C11H16.C8H12O9/c2*1-16-6-10-18(11-7-16)20(14-4-3-5-15-20)19-12-8-17(2)9-13-19;1-11-3-7-13(8-4-11)14-9-5-12(2)6-10-14;1-9-5-7-10(8-6-9)11(2,3)4;1-6(9)13-4-15-8(11)17-5-16-7(10)14-3-12-2/h2*6-13H,3-5,14-15H2,1-2H3;3-10H,1-2H3;5-8H,1-4H3;3-5H2,1-2H3. The summed E-state index contributed by atoms with van der Waals surface area (Å²) in [5.41, 5.74) is 20.1. The molecule has 2 saturated carbocycles. The van der Waals surface area contributed by atoms with E-state index in [0.29, 0.717) is 0 Å². The molecule has 0 N–H and O–H groups in total. The third-order valence-electron chi connectivity index (χ3n) is 15.3. The first kappa shape index (κ1) is 65.3. The molecule has 0 bridgehead atoms. The molecule has 0 amide bonds. The highest BCUT2D eigenvalue weighted by molar-refractivity contribution is 5.66. The Morgan fingerprint density at radius 2 is 0.598 bits per heavy atom. The molecule has 9 heteroatoms. The summed E-state index contributed by atoms with van der Waals surface area (Å²) < 4.78 is 25.8. The summed E-state index contributed by atoms with van der Waals surface area (Å²) in [6, 6.07) is 62.9. The van der Waals surface area contributed by atoms with Gasteiger partial charge >= 0.3 is 18.3 Å². The number of methoxy groups -OCH3 is 1. The largest absolute Gasteiger partial charge is 0.514 e. The van der Waals surface area contributed by atoms with Crippen LogP contribution in [0.2, 0.25) is 0 Å². The van der Waals surface area contributed by atoms with Crippen LogP contribution in [0.15, 0.2) is 170 Å². The van der Waals surface area contributed by atoms with Gasteiger partial charge in [-0.25, -0.2) is 9.59 Å². The van der Waals surface area contributed by atoms with Crippen molar-refractivity contribution in [1.82, 2.24) is 0 Å². The van der Waals surface area contributed by atoms with Crippen molar-refractivity contribution in [2.45, 2.75) is 157 Å². The highest BCUT2D eigenvalue weighted by Crippen LogP contribution is 2.46. The maximum atomic E-state index is 10.7. The van der Waals surface area contributed by atoms with Gasteiger partial charge in [0.25, 0.3) is 0 Å². The van der Waals surface area contributed by atoms with Gasteiger partial charge in [0.15, 0.2) is 6.79 Å². The summed E-state index contributed by atoms with van der Waals surface area (Å²) in [6.07, 6.45) is 11.1. The molecule has 9 rings (SSSR count). The fourth-order valence-electron chi connectivity index (χ4n) is 10.3. The molecule has 7 aromatic rings. The molecule has 0 heterocycles. The normalized spacial score (nSPS) is 13.9. The van der Waals surface area contributed by atoms with Gasteiger partial charge in [-0.1, -0.05) is 268 Å². The predicted octanol–water partition coefficient (Wildman–Crippen LogP) is 18.7. The van der Waals surface area contributed by atoms with E-state index in [0.717, 1.165) is 6.92 Å². The average Bonchev–Trinajstić information content (AvgIpc) is 3.54. The van der Waals surface area contributed by atoms with Crippen LogP contribution in [0.25, 0.3) is 11.1 Å². The number of carbonyl (C=O) groups excluding carboxylic acids is 3. The molecule has 2 aliphatic carbocycles. The summed E-state index contributed by atoms with van der Waals surface area (Å²) in [5, 5.41) is 0. The zero-order valence-electron chi connectivity index (χ0n) is 51.0. The Labute approximate surface area is 490 Å². The zero-order chi connectivity index (χ0) is 59.5. The van der Waals surface area contributed by atoms with E-state index in [-0.39, 0.29) is 23.0 Å². The van der Waals surface area contributed by atoms with E-state index in [2.05, 4.69) is 268 Å². The van der Waals surface area contributed by atoms with Crippen LogP contribution in [-0.2, 0) is 49.5 Å². The molecule has 0 atom stereocenters. The molecular formula is C73H90O9. The first-order chi connectivity index (χ1) is 39.2. The van der Waals surface area contributed by atoms with Gasteiger partial charge in [0.2, 0.25) is 13.6 Å². The summed E-state index contributed by atoms with van der Waals surface area (Å²) >= 11 is 0. The molecule has 9 nitrogen and oxygen atoms in total. The molecule has 0 aliphatic heterocycles. The minimum absolute atomic E-state index is 0.250. The maximum absolute atomic E-state index is 10.7. The Morgan fingerprint density at radius 3 is 0.854 bits per heavy atom. The molecule has 2 fully saturated rings. The Hall–Kier alpha value is -7.49. The molecule has 0 aromatic heterocycles. The number of aryl methyl sites for hydroxylation is 7. The van der Waals surface area contributed by atoms with E-state index >= 15 is 0 Å². The number of carbonyl (C=O) groups is 3. The minimum atomic E-state index is -1.16. The highest BCUT2D eigenvalue weighted by Gasteiger charge is 2.36. The van der Waals surface area contributed by atoms with Crippen molar-refractivity contribution >= 4 is 18.3 Å². The van der Waals surface area contributed by atoms with Crippen molar-refractivity contribution in [3.63, 3.8) is 0 Å². The molecule has 7 aromatic carbocycles. The van der Waals surface area contributed by atoms with Crippen LogP contribution >= 0.6 is 0 Å². The molecule has 0 saturated heterocycles. The molecule has 82 heavy (non-hydrogen) atoms. The monoisotopic (exact) mass is 1110 g/mol. The highest BCUT2D eigenvalue weighted by atomic mass is 16.8. The van der Waals surface area contributed by atoms with Crippen LogP contribution in [0.3, 0.4) is 0 Å². The van der Waals surface area contributed by atoms with Gasteiger partial charge in [-0.2, -0.15) is 0 Å². The van der Waals surface area contributed by atoms with Crippen molar-refractivity contribution in [3.8, 4) is 11.1 Å². The Morgan fingerprint density at radius 1 is 0.354 bits per heavy atom. The van der Waals surface area contributed by atoms with Gasteiger partial charge in [0.1, 0.15) is 0 Å². The van der Waals surface area contributed by atoms with Crippen LogP contribution in [0, 0.1) is 48.5 Å². The van der Waals surface area contributed by atoms with E-state index < -0.39 is 31.9 Å². The Kier molecular flexibility index (Phi) is 26.1. The average molecular weight is 1110 g/mol. The van der Waals surface area contributed by atoms with Gasteiger partial charge in [-0.15, -0.1) is 0 Å². The van der Waals surface area contributed by atoms with E-state index in [1.54, 1.807) is 0 Å². The van der Waals surface area contributed by atoms with E-state index in [1.807, 2.05) is 0 Å². The number of hydrogen-bond donors (Lipinski definition) is 0. The van der Waals surface area contributed by atoms with Crippen molar-refractivity contribution in [2.24, 2.45) is 0 Å². The quantitative estimate of drug-likeness (QED) is 0.0711. The Bertz CT molecular complexity index is 2710. The van der Waals surface area contributed by atoms with E-state index in [4.69, 9.17) is 0 Å². The second kappa shape index (κ2) is 32.8. The Balaban J connectivity index is 0.000000191.